The molecule has 0 radical (unpaired) electrons. The van der Waals surface area contributed by atoms with Gasteiger partial charge in [0.05, 0.1) is 7.11 Å². The minimum Gasteiger partial charge on any atom is -0.497 e. The van der Waals surface area contributed by atoms with Crippen molar-refractivity contribution in [1.82, 2.24) is 0 Å². The summed E-state index contributed by atoms with van der Waals surface area (Å²) in [5.41, 5.74) is 2.31. The molecular formula is C15H16BrNO. The highest BCUT2D eigenvalue weighted by atomic mass is 79.9. The number of hydrogen-bond donors (Lipinski definition) is 1. The first-order chi connectivity index (χ1) is 8.69. The van der Waals surface area contributed by atoms with Gasteiger partial charge in [-0.2, -0.15) is 0 Å². The summed E-state index contributed by atoms with van der Waals surface area (Å²) in [5.74, 6) is 0.886. The molecule has 0 aliphatic rings. The van der Waals surface area contributed by atoms with Crippen LogP contribution in [0, 0.1) is 0 Å². The maximum atomic E-state index is 5.24. The summed E-state index contributed by atoms with van der Waals surface area (Å²) in [6.07, 6.45) is 0. The van der Waals surface area contributed by atoms with Crippen molar-refractivity contribution in [2.75, 3.05) is 12.4 Å². The smallest absolute Gasteiger partial charge is 0.119 e. The van der Waals surface area contributed by atoms with Gasteiger partial charge in [-0.3, -0.25) is 0 Å². The molecule has 0 heterocycles. The Morgan fingerprint density at radius 3 is 2.50 bits per heavy atom. The van der Waals surface area contributed by atoms with E-state index in [0.717, 1.165) is 15.9 Å². The predicted molar refractivity (Wildman–Crippen MR) is 79.2 cm³/mol. The van der Waals surface area contributed by atoms with Crippen LogP contribution in [0.2, 0.25) is 0 Å². The molecule has 0 aliphatic heterocycles. The number of hydrogen-bond acceptors (Lipinski definition) is 2. The van der Waals surface area contributed by atoms with Crippen LogP contribution >= 0.6 is 15.9 Å². The second kappa shape index (κ2) is 5.91. The minimum absolute atomic E-state index is 0.237. The Morgan fingerprint density at radius 1 is 1.11 bits per heavy atom. The quantitative estimate of drug-likeness (QED) is 0.889. The van der Waals surface area contributed by atoms with Crippen molar-refractivity contribution in [3.63, 3.8) is 0 Å². The molecule has 0 spiro atoms. The van der Waals surface area contributed by atoms with Gasteiger partial charge in [-0.1, -0.05) is 28.1 Å². The topological polar surface area (TPSA) is 21.3 Å². The van der Waals surface area contributed by atoms with Crippen molar-refractivity contribution < 1.29 is 4.74 Å². The van der Waals surface area contributed by atoms with E-state index in [2.05, 4.69) is 52.4 Å². The van der Waals surface area contributed by atoms with E-state index in [9.17, 15) is 0 Å². The van der Waals surface area contributed by atoms with Crippen LogP contribution in [0.5, 0.6) is 5.75 Å². The summed E-state index contributed by atoms with van der Waals surface area (Å²) in [4.78, 5) is 0. The van der Waals surface area contributed by atoms with Crippen LogP contribution in [0.1, 0.15) is 18.5 Å². The zero-order valence-electron chi connectivity index (χ0n) is 10.5. The van der Waals surface area contributed by atoms with E-state index in [1.165, 1.54) is 5.56 Å². The van der Waals surface area contributed by atoms with Gasteiger partial charge in [0.1, 0.15) is 5.75 Å². The fourth-order valence-electron chi connectivity index (χ4n) is 1.79. The highest BCUT2D eigenvalue weighted by molar-refractivity contribution is 9.10. The van der Waals surface area contributed by atoms with Gasteiger partial charge in [0.25, 0.3) is 0 Å². The molecule has 2 aromatic carbocycles. The lowest BCUT2D eigenvalue weighted by molar-refractivity contribution is 0.414. The van der Waals surface area contributed by atoms with Crippen molar-refractivity contribution in [2.24, 2.45) is 0 Å². The average Bonchev–Trinajstić information content (AvgIpc) is 2.41. The standard InChI is InChI=1S/C15H16BrNO/c1-11(12-4-3-5-15(10-12)18-2)17-14-8-6-13(16)7-9-14/h3-11,17H,1-2H3. The lowest BCUT2D eigenvalue weighted by Gasteiger charge is -2.16. The Bertz CT molecular complexity index is 510. The van der Waals surface area contributed by atoms with E-state index in [1.54, 1.807) is 7.11 Å². The number of benzene rings is 2. The fourth-order valence-corrected chi connectivity index (χ4v) is 2.05. The van der Waals surface area contributed by atoms with Crippen molar-refractivity contribution in [3.8, 4) is 5.75 Å². The van der Waals surface area contributed by atoms with Crippen LogP contribution in [0.3, 0.4) is 0 Å². The lowest BCUT2D eigenvalue weighted by Crippen LogP contribution is -2.06. The molecule has 0 aliphatic carbocycles. The zero-order chi connectivity index (χ0) is 13.0. The predicted octanol–water partition coefficient (Wildman–Crippen LogP) is 4.63. The molecule has 0 bridgehead atoms. The SMILES string of the molecule is COc1cccc(C(C)Nc2ccc(Br)cc2)c1. The first kappa shape index (κ1) is 13.0. The molecule has 18 heavy (non-hydrogen) atoms. The van der Waals surface area contributed by atoms with Crippen LogP contribution in [0.25, 0.3) is 0 Å². The number of rotatable bonds is 4. The maximum Gasteiger partial charge on any atom is 0.119 e. The third-order valence-corrected chi connectivity index (χ3v) is 3.35. The van der Waals surface area contributed by atoms with Gasteiger partial charge in [-0.25, -0.2) is 0 Å². The number of nitrogens with one attached hydrogen (secondary N) is 1. The molecule has 0 fully saturated rings. The Kier molecular flexibility index (Phi) is 4.26. The van der Waals surface area contributed by atoms with Crippen LogP contribution in [-0.4, -0.2) is 7.11 Å². The van der Waals surface area contributed by atoms with E-state index in [0.29, 0.717) is 0 Å². The molecule has 1 N–H and O–H groups in total. The van der Waals surface area contributed by atoms with Crippen LogP contribution in [0.15, 0.2) is 53.0 Å². The molecule has 0 aromatic heterocycles. The summed E-state index contributed by atoms with van der Waals surface area (Å²) >= 11 is 3.43. The molecule has 0 saturated heterocycles. The molecule has 3 heteroatoms. The highest BCUT2D eigenvalue weighted by Gasteiger charge is 2.06. The average molecular weight is 306 g/mol. The van der Waals surface area contributed by atoms with E-state index in [-0.39, 0.29) is 6.04 Å². The van der Waals surface area contributed by atoms with E-state index in [1.807, 2.05) is 24.3 Å². The third kappa shape index (κ3) is 3.26. The van der Waals surface area contributed by atoms with Crippen molar-refractivity contribution >= 4 is 21.6 Å². The normalized spacial score (nSPS) is 11.9. The molecular weight excluding hydrogens is 290 g/mol. The Morgan fingerprint density at radius 2 is 1.83 bits per heavy atom. The summed E-state index contributed by atoms with van der Waals surface area (Å²) in [6.45, 7) is 2.14. The Hall–Kier alpha value is -1.48. The molecule has 0 amide bonds. The monoisotopic (exact) mass is 305 g/mol. The van der Waals surface area contributed by atoms with Crippen molar-refractivity contribution in [3.05, 3.63) is 58.6 Å². The van der Waals surface area contributed by atoms with Gasteiger partial charge in [0.2, 0.25) is 0 Å². The zero-order valence-corrected chi connectivity index (χ0v) is 12.1. The summed E-state index contributed by atoms with van der Waals surface area (Å²) < 4.78 is 6.32. The van der Waals surface area contributed by atoms with Crippen LogP contribution in [0.4, 0.5) is 5.69 Å². The minimum atomic E-state index is 0.237. The second-order valence-corrected chi connectivity index (χ2v) is 5.07. The molecule has 2 aromatic rings. The summed E-state index contributed by atoms with van der Waals surface area (Å²) in [6, 6.07) is 16.5. The third-order valence-electron chi connectivity index (χ3n) is 2.82. The number of methoxy groups -OCH3 is 1. The number of anilines is 1. The first-order valence-electron chi connectivity index (χ1n) is 5.85. The van der Waals surface area contributed by atoms with E-state index < -0.39 is 0 Å². The van der Waals surface area contributed by atoms with Gasteiger partial charge in [-0.15, -0.1) is 0 Å². The maximum absolute atomic E-state index is 5.24. The largest absolute Gasteiger partial charge is 0.497 e. The van der Waals surface area contributed by atoms with E-state index in [4.69, 9.17) is 4.74 Å². The van der Waals surface area contributed by atoms with Gasteiger partial charge < -0.3 is 10.1 Å². The van der Waals surface area contributed by atoms with Gasteiger partial charge in [-0.05, 0) is 48.9 Å². The fraction of sp³-hybridized carbons (Fsp3) is 0.200. The highest BCUT2D eigenvalue weighted by Crippen LogP contribution is 2.23. The molecule has 94 valence electrons. The molecule has 0 saturated carbocycles. The lowest BCUT2D eigenvalue weighted by atomic mass is 10.1. The Labute approximate surface area is 116 Å². The molecule has 2 rings (SSSR count). The van der Waals surface area contributed by atoms with Crippen LogP contribution in [-0.2, 0) is 0 Å². The number of ether oxygens (including phenoxy) is 1. The molecule has 1 unspecified atom stereocenters. The summed E-state index contributed by atoms with van der Waals surface area (Å²) in [5, 5.41) is 3.46. The van der Waals surface area contributed by atoms with Crippen molar-refractivity contribution in [1.29, 1.82) is 0 Å². The number of halogens is 1. The Balaban J connectivity index is 2.11. The second-order valence-electron chi connectivity index (χ2n) is 4.15. The molecule has 1 atom stereocenters. The summed E-state index contributed by atoms with van der Waals surface area (Å²) in [7, 11) is 1.69. The van der Waals surface area contributed by atoms with Crippen molar-refractivity contribution in [2.45, 2.75) is 13.0 Å². The van der Waals surface area contributed by atoms with Gasteiger partial charge >= 0.3 is 0 Å². The van der Waals surface area contributed by atoms with Gasteiger partial charge in [0, 0.05) is 16.2 Å². The first-order valence-corrected chi connectivity index (χ1v) is 6.64. The van der Waals surface area contributed by atoms with Gasteiger partial charge in [0.15, 0.2) is 0 Å². The van der Waals surface area contributed by atoms with E-state index >= 15 is 0 Å². The molecule has 2 nitrogen and oxygen atoms in total. The van der Waals surface area contributed by atoms with Crippen LogP contribution < -0.4 is 10.1 Å².